The Balaban J connectivity index is 2.13. The summed E-state index contributed by atoms with van der Waals surface area (Å²) in [6, 6.07) is 14.5. The topological polar surface area (TPSA) is 43.1 Å². The van der Waals surface area contributed by atoms with E-state index in [0.29, 0.717) is 5.02 Å². The molecule has 0 bridgehead atoms. The second-order valence-electron chi connectivity index (χ2n) is 4.63. The predicted molar refractivity (Wildman–Crippen MR) is 78.3 cm³/mol. The van der Waals surface area contributed by atoms with Crippen LogP contribution >= 0.6 is 11.6 Å². The first kappa shape index (κ1) is 13.8. The molecule has 2 rings (SSSR count). The Kier molecular flexibility index (Phi) is 4.35. The van der Waals surface area contributed by atoms with E-state index in [1.54, 1.807) is 0 Å². The summed E-state index contributed by atoms with van der Waals surface area (Å²) in [6.07, 6.45) is 0.259. The molecule has 0 aromatic heterocycles. The van der Waals surface area contributed by atoms with Gasteiger partial charge in [0, 0.05) is 11.4 Å². The molecule has 0 aliphatic carbocycles. The highest BCUT2D eigenvalue weighted by Crippen LogP contribution is 2.20. The standard InChI is InChI=1S/C16H16ClNO/c1-11-7-8-13(14(17)9-11)10-15(19)16(18)12-5-3-2-4-6-12/h2-9,16H,10,18H2,1H3/t16-/m1/s1. The number of carbonyl (C=O) groups is 1. The minimum Gasteiger partial charge on any atom is -0.318 e. The summed E-state index contributed by atoms with van der Waals surface area (Å²) in [5.41, 5.74) is 8.70. The van der Waals surface area contributed by atoms with Gasteiger partial charge in [-0.1, -0.05) is 54.1 Å². The number of hydrogen-bond donors (Lipinski definition) is 1. The highest BCUT2D eigenvalue weighted by atomic mass is 35.5. The normalized spacial score (nSPS) is 12.2. The van der Waals surface area contributed by atoms with Crippen molar-refractivity contribution >= 4 is 17.4 Å². The summed E-state index contributed by atoms with van der Waals surface area (Å²) < 4.78 is 0. The van der Waals surface area contributed by atoms with Crippen molar-refractivity contribution in [2.45, 2.75) is 19.4 Å². The van der Waals surface area contributed by atoms with Gasteiger partial charge in [-0.15, -0.1) is 0 Å². The number of ketones is 1. The van der Waals surface area contributed by atoms with Crippen LogP contribution in [0.1, 0.15) is 22.7 Å². The van der Waals surface area contributed by atoms with Crippen LogP contribution in [0.25, 0.3) is 0 Å². The Morgan fingerprint density at radius 3 is 2.53 bits per heavy atom. The number of nitrogens with two attached hydrogens (primary N) is 1. The van der Waals surface area contributed by atoms with E-state index in [2.05, 4.69) is 0 Å². The molecule has 3 heteroatoms. The SMILES string of the molecule is Cc1ccc(CC(=O)[C@H](N)c2ccccc2)c(Cl)c1. The first-order valence-electron chi connectivity index (χ1n) is 6.16. The third-order valence-electron chi connectivity index (χ3n) is 3.08. The maximum Gasteiger partial charge on any atom is 0.158 e. The maximum atomic E-state index is 12.2. The Labute approximate surface area is 118 Å². The van der Waals surface area contributed by atoms with Gasteiger partial charge >= 0.3 is 0 Å². The monoisotopic (exact) mass is 273 g/mol. The minimum atomic E-state index is -0.599. The first-order chi connectivity index (χ1) is 9.08. The van der Waals surface area contributed by atoms with Crippen LogP contribution < -0.4 is 5.73 Å². The number of aryl methyl sites for hydroxylation is 1. The number of rotatable bonds is 4. The van der Waals surface area contributed by atoms with Gasteiger partial charge in [0.05, 0.1) is 6.04 Å². The minimum absolute atomic E-state index is 0.0306. The molecule has 0 radical (unpaired) electrons. The lowest BCUT2D eigenvalue weighted by molar-refractivity contribution is -0.119. The molecule has 0 saturated heterocycles. The predicted octanol–water partition coefficient (Wildman–Crippen LogP) is 3.46. The second kappa shape index (κ2) is 6.00. The Bertz CT molecular complexity index is 581. The Morgan fingerprint density at radius 2 is 1.89 bits per heavy atom. The number of benzene rings is 2. The molecule has 2 aromatic carbocycles. The van der Waals surface area contributed by atoms with Crippen LogP contribution in [0.3, 0.4) is 0 Å². The van der Waals surface area contributed by atoms with E-state index in [4.69, 9.17) is 17.3 Å². The average Bonchev–Trinajstić information content (AvgIpc) is 2.42. The van der Waals surface area contributed by atoms with Crippen LogP contribution in [0.4, 0.5) is 0 Å². The number of hydrogen-bond acceptors (Lipinski definition) is 2. The fraction of sp³-hybridized carbons (Fsp3) is 0.188. The molecule has 19 heavy (non-hydrogen) atoms. The molecule has 0 fully saturated rings. The zero-order valence-electron chi connectivity index (χ0n) is 10.8. The number of carbonyl (C=O) groups excluding carboxylic acids is 1. The van der Waals surface area contributed by atoms with E-state index in [0.717, 1.165) is 16.7 Å². The zero-order chi connectivity index (χ0) is 13.8. The summed E-state index contributed by atoms with van der Waals surface area (Å²) in [6.45, 7) is 1.97. The van der Waals surface area contributed by atoms with E-state index in [1.165, 1.54) is 0 Å². The van der Waals surface area contributed by atoms with Gasteiger partial charge in [-0.2, -0.15) is 0 Å². The van der Waals surface area contributed by atoms with Crippen LogP contribution in [-0.2, 0) is 11.2 Å². The highest BCUT2D eigenvalue weighted by molar-refractivity contribution is 6.31. The Hall–Kier alpha value is -1.64. The smallest absolute Gasteiger partial charge is 0.158 e. The van der Waals surface area contributed by atoms with E-state index in [1.807, 2.05) is 55.5 Å². The van der Waals surface area contributed by atoms with E-state index < -0.39 is 6.04 Å². The molecule has 0 amide bonds. The fourth-order valence-corrected chi connectivity index (χ4v) is 2.24. The van der Waals surface area contributed by atoms with Gasteiger partial charge in [0.1, 0.15) is 0 Å². The molecule has 1 atom stereocenters. The fourth-order valence-electron chi connectivity index (χ4n) is 1.94. The summed E-state index contributed by atoms with van der Waals surface area (Å²) >= 11 is 6.13. The van der Waals surface area contributed by atoms with Crippen LogP contribution in [0.2, 0.25) is 5.02 Å². The van der Waals surface area contributed by atoms with Crippen molar-refractivity contribution in [3.05, 3.63) is 70.2 Å². The third kappa shape index (κ3) is 3.43. The van der Waals surface area contributed by atoms with Gasteiger partial charge in [0.25, 0.3) is 0 Å². The molecule has 2 aromatic rings. The van der Waals surface area contributed by atoms with Gasteiger partial charge in [-0.25, -0.2) is 0 Å². The molecule has 0 aliphatic rings. The van der Waals surface area contributed by atoms with Crippen molar-refractivity contribution in [1.82, 2.24) is 0 Å². The van der Waals surface area contributed by atoms with Gasteiger partial charge in [-0.3, -0.25) is 4.79 Å². The molecule has 0 aliphatic heterocycles. The third-order valence-corrected chi connectivity index (χ3v) is 3.43. The van der Waals surface area contributed by atoms with Crippen molar-refractivity contribution in [2.75, 3.05) is 0 Å². The molecular weight excluding hydrogens is 258 g/mol. The lowest BCUT2D eigenvalue weighted by atomic mass is 9.98. The number of halogens is 1. The second-order valence-corrected chi connectivity index (χ2v) is 5.03. The van der Waals surface area contributed by atoms with Crippen LogP contribution in [0, 0.1) is 6.92 Å². The maximum absolute atomic E-state index is 12.2. The largest absolute Gasteiger partial charge is 0.318 e. The molecule has 98 valence electrons. The summed E-state index contributed by atoms with van der Waals surface area (Å²) in [7, 11) is 0. The van der Waals surface area contributed by atoms with Crippen molar-refractivity contribution in [3.8, 4) is 0 Å². The van der Waals surface area contributed by atoms with Gasteiger partial charge in [0.2, 0.25) is 0 Å². The van der Waals surface area contributed by atoms with Crippen molar-refractivity contribution in [3.63, 3.8) is 0 Å². The lowest BCUT2D eigenvalue weighted by Gasteiger charge is -2.12. The molecular formula is C16H16ClNO. The molecule has 2 N–H and O–H groups in total. The van der Waals surface area contributed by atoms with Gasteiger partial charge < -0.3 is 5.73 Å². The quantitative estimate of drug-likeness (QED) is 0.927. The molecule has 0 spiro atoms. The lowest BCUT2D eigenvalue weighted by Crippen LogP contribution is -2.23. The number of Topliss-reactive ketones (excluding diaryl/α,β-unsaturated/α-hetero) is 1. The van der Waals surface area contributed by atoms with Crippen LogP contribution in [-0.4, -0.2) is 5.78 Å². The van der Waals surface area contributed by atoms with Crippen LogP contribution in [0.5, 0.6) is 0 Å². The van der Waals surface area contributed by atoms with Crippen molar-refractivity contribution < 1.29 is 4.79 Å². The summed E-state index contributed by atoms with van der Waals surface area (Å²) in [5, 5.41) is 0.619. The first-order valence-corrected chi connectivity index (χ1v) is 6.54. The van der Waals surface area contributed by atoms with E-state index >= 15 is 0 Å². The molecule has 0 heterocycles. The zero-order valence-corrected chi connectivity index (χ0v) is 11.5. The summed E-state index contributed by atoms with van der Waals surface area (Å²) in [5.74, 6) is -0.0306. The Morgan fingerprint density at radius 1 is 1.21 bits per heavy atom. The van der Waals surface area contributed by atoms with Gasteiger partial charge in [-0.05, 0) is 29.7 Å². The van der Waals surface area contributed by atoms with Crippen LogP contribution in [0.15, 0.2) is 48.5 Å². The van der Waals surface area contributed by atoms with E-state index in [-0.39, 0.29) is 12.2 Å². The summed E-state index contributed by atoms with van der Waals surface area (Å²) in [4.78, 5) is 12.2. The van der Waals surface area contributed by atoms with E-state index in [9.17, 15) is 4.79 Å². The molecule has 0 saturated carbocycles. The highest BCUT2D eigenvalue weighted by Gasteiger charge is 2.16. The average molecular weight is 274 g/mol. The van der Waals surface area contributed by atoms with Gasteiger partial charge in [0.15, 0.2) is 5.78 Å². The van der Waals surface area contributed by atoms with Crippen molar-refractivity contribution in [2.24, 2.45) is 5.73 Å². The molecule has 2 nitrogen and oxygen atoms in total. The molecule has 0 unspecified atom stereocenters. The van der Waals surface area contributed by atoms with Crippen molar-refractivity contribution in [1.29, 1.82) is 0 Å².